The molecule has 13 heteroatoms. The number of para-hydroxylation sites is 1. The number of rotatable bonds is 8. The molecule has 1 atom stereocenters. The third-order valence-corrected chi connectivity index (χ3v) is 8.62. The molecule has 0 spiro atoms. The summed E-state index contributed by atoms with van der Waals surface area (Å²) in [5.74, 6) is 0.669. The second kappa shape index (κ2) is 14.0. The highest BCUT2D eigenvalue weighted by atomic mass is 35.5. The maximum atomic E-state index is 13.8. The number of pyridine rings is 1. The Bertz CT molecular complexity index is 2160. The molecule has 1 N–H and O–H groups in total. The third-order valence-electron chi connectivity index (χ3n) is 8.36. The van der Waals surface area contributed by atoms with Gasteiger partial charge < -0.3 is 15.0 Å². The number of aromatic nitrogens is 4. The highest BCUT2D eigenvalue weighted by Crippen LogP contribution is 2.35. The van der Waals surface area contributed by atoms with Crippen LogP contribution in [0, 0.1) is 11.3 Å². The monoisotopic (exact) mass is 692 g/mol. The van der Waals surface area contributed by atoms with Gasteiger partial charge in [0, 0.05) is 48.5 Å². The average Bonchev–Trinajstić information content (AvgIpc) is 3.13. The molecular weight excluding hydrogens is 665 g/mol. The number of nitriles is 1. The zero-order valence-electron chi connectivity index (χ0n) is 26.3. The average molecular weight is 693 g/mol. The fraction of sp³-hybridized carbons (Fsp3) is 0.162. The van der Waals surface area contributed by atoms with Crippen LogP contribution in [0.2, 0.25) is 5.02 Å². The summed E-state index contributed by atoms with van der Waals surface area (Å²) in [7, 11) is 0. The van der Waals surface area contributed by atoms with Crippen molar-refractivity contribution in [1.29, 1.82) is 5.26 Å². The van der Waals surface area contributed by atoms with Gasteiger partial charge in [-0.2, -0.15) is 33.4 Å². The predicted molar refractivity (Wildman–Crippen MR) is 185 cm³/mol. The van der Waals surface area contributed by atoms with Gasteiger partial charge in [0.05, 0.1) is 23.2 Å². The van der Waals surface area contributed by atoms with E-state index < -0.39 is 17.3 Å². The SMILES string of the molecule is N#Cc1ccc(Nc2nc(Oc3cccc4cccnc34)nc(N3CCN(C(c4ccccc4)c4ccc(Cl)cc4)CC3)n2)cc1C(F)(F)F. The van der Waals surface area contributed by atoms with Crippen molar-refractivity contribution in [3.05, 3.63) is 137 Å². The quantitative estimate of drug-likeness (QED) is 0.168. The molecule has 0 radical (unpaired) electrons. The number of benzene rings is 4. The van der Waals surface area contributed by atoms with Gasteiger partial charge in [0.1, 0.15) is 5.52 Å². The third kappa shape index (κ3) is 7.15. The lowest BCUT2D eigenvalue weighted by molar-refractivity contribution is -0.137. The van der Waals surface area contributed by atoms with E-state index >= 15 is 0 Å². The number of piperazine rings is 1. The molecule has 7 rings (SSSR count). The molecular formula is C37H28ClF3N8O. The minimum Gasteiger partial charge on any atom is -0.422 e. The summed E-state index contributed by atoms with van der Waals surface area (Å²) in [6.07, 6.45) is -3.08. The lowest BCUT2D eigenvalue weighted by Crippen LogP contribution is -2.48. The van der Waals surface area contributed by atoms with Gasteiger partial charge in [0.15, 0.2) is 5.75 Å². The number of anilines is 3. The van der Waals surface area contributed by atoms with E-state index in [0.29, 0.717) is 42.5 Å². The first-order chi connectivity index (χ1) is 24.2. The highest BCUT2D eigenvalue weighted by Gasteiger charge is 2.34. The minimum atomic E-state index is -4.73. The maximum absolute atomic E-state index is 13.8. The van der Waals surface area contributed by atoms with E-state index in [9.17, 15) is 18.4 Å². The lowest BCUT2D eigenvalue weighted by Gasteiger charge is -2.39. The zero-order valence-corrected chi connectivity index (χ0v) is 27.1. The number of alkyl halides is 3. The molecule has 1 fully saturated rings. The second-order valence-electron chi connectivity index (χ2n) is 11.6. The van der Waals surface area contributed by atoms with Gasteiger partial charge in [-0.25, -0.2) is 0 Å². The fourth-order valence-corrected chi connectivity index (χ4v) is 6.13. The minimum absolute atomic E-state index is 0.0110. The molecule has 4 aromatic carbocycles. The van der Waals surface area contributed by atoms with E-state index in [-0.39, 0.29) is 29.6 Å². The van der Waals surface area contributed by atoms with Gasteiger partial charge in [-0.05, 0) is 53.6 Å². The van der Waals surface area contributed by atoms with E-state index in [4.69, 9.17) is 16.3 Å². The molecule has 250 valence electrons. The molecule has 0 saturated carbocycles. The molecule has 6 aromatic rings. The van der Waals surface area contributed by atoms with Gasteiger partial charge in [-0.15, -0.1) is 0 Å². The molecule has 1 aliphatic rings. The molecule has 9 nitrogen and oxygen atoms in total. The Balaban J connectivity index is 1.20. The smallest absolute Gasteiger partial charge is 0.417 e. The molecule has 1 saturated heterocycles. The number of nitrogens with zero attached hydrogens (tertiary/aromatic N) is 7. The van der Waals surface area contributed by atoms with Crippen molar-refractivity contribution < 1.29 is 17.9 Å². The van der Waals surface area contributed by atoms with Crippen LogP contribution in [0.5, 0.6) is 11.8 Å². The summed E-state index contributed by atoms with van der Waals surface area (Å²) in [6, 6.07) is 32.1. The molecule has 0 bridgehead atoms. The van der Waals surface area contributed by atoms with E-state index in [1.165, 1.54) is 6.07 Å². The van der Waals surface area contributed by atoms with Crippen LogP contribution in [-0.4, -0.2) is 51.0 Å². The molecule has 0 amide bonds. The Morgan fingerprint density at radius 1 is 0.820 bits per heavy atom. The van der Waals surface area contributed by atoms with Crippen LogP contribution in [0.15, 0.2) is 109 Å². The second-order valence-corrected chi connectivity index (χ2v) is 12.0. The molecule has 50 heavy (non-hydrogen) atoms. The number of ether oxygens (including phenoxy) is 1. The maximum Gasteiger partial charge on any atom is 0.417 e. The summed E-state index contributed by atoms with van der Waals surface area (Å²) >= 11 is 6.21. The lowest BCUT2D eigenvalue weighted by atomic mass is 9.96. The summed E-state index contributed by atoms with van der Waals surface area (Å²) in [4.78, 5) is 22.5. The van der Waals surface area contributed by atoms with Crippen LogP contribution in [0.25, 0.3) is 10.9 Å². The number of hydrogen-bond acceptors (Lipinski definition) is 9. The van der Waals surface area contributed by atoms with Gasteiger partial charge in [0.25, 0.3) is 0 Å². The van der Waals surface area contributed by atoms with Crippen molar-refractivity contribution in [1.82, 2.24) is 24.8 Å². The van der Waals surface area contributed by atoms with Gasteiger partial charge in [0.2, 0.25) is 11.9 Å². The Kier molecular flexibility index (Phi) is 9.17. The van der Waals surface area contributed by atoms with Crippen LogP contribution in [0.3, 0.4) is 0 Å². The normalized spacial score (nSPS) is 14.3. The van der Waals surface area contributed by atoms with E-state index in [2.05, 4.69) is 42.3 Å². The number of fused-ring (bicyclic) bond motifs is 1. The Hall–Kier alpha value is -5.77. The molecule has 2 aromatic heterocycles. The molecule has 3 heterocycles. The standard InChI is InChI=1S/C37H28ClF3N8O/c38-28-14-11-26(12-15-28)33(25-6-2-1-3-7-25)48-18-20-49(21-19-48)35-45-34(44-29-16-13-27(23-42)30(22-29)37(39,40)41)46-36(47-35)50-31-10-4-8-24-9-5-17-43-32(24)31/h1-17,22,33H,18-21H2,(H,44,45,46,47). The Labute approximate surface area is 290 Å². The van der Waals surface area contributed by atoms with Crippen LogP contribution < -0.4 is 15.0 Å². The summed E-state index contributed by atoms with van der Waals surface area (Å²) in [5, 5.41) is 13.6. The van der Waals surface area contributed by atoms with Crippen molar-refractivity contribution in [2.24, 2.45) is 0 Å². The largest absolute Gasteiger partial charge is 0.422 e. The van der Waals surface area contributed by atoms with Crippen molar-refractivity contribution >= 4 is 40.1 Å². The zero-order chi connectivity index (χ0) is 34.7. The highest BCUT2D eigenvalue weighted by molar-refractivity contribution is 6.30. The van der Waals surface area contributed by atoms with E-state index in [1.54, 1.807) is 18.3 Å². The van der Waals surface area contributed by atoms with E-state index in [1.807, 2.05) is 71.6 Å². The van der Waals surface area contributed by atoms with Crippen LogP contribution >= 0.6 is 11.6 Å². The van der Waals surface area contributed by atoms with Crippen molar-refractivity contribution in [3.63, 3.8) is 0 Å². The van der Waals surface area contributed by atoms with Crippen molar-refractivity contribution in [2.75, 3.05) is 36.4 Å². The number of halogens is 4. The van der Waals surface area contributed by atoms with Gasteiger partial charge in [-0.1, -0.05) is 72.3 Å². The summed E-state index contributed by atoms with van der Waals surface area (Å²) in [6.45, 7) is 2.41. The van der Waals surface area contributed by atoms with E-state index in [0.717, 1.165) is 28.6 Å². The first-order valence-electron chi connectivity index (χ1n) is 15.7. The first kappa shape index (κ1) is 32.8. The molecule has 1 aliphatic heterocycles. The summed E-state index contributed by atoms with van der Waals surface area (Å²) < 4.78 is 47.4. The van der Waals surface area contributed by atoms with Crippen molar-refractivity contribution in [3.8, 4) is 17.8 Å². The van der Waals surface area contributed by atoms with Crippen molar-refractivity contribution in [2.45, 2.75) is 12.2 Å². The molecule has 1 unspecified atom stereocenters. The topological polar surface area (TPSA) is 103 Å². The number of hydrogen-bond donors (Lipinski definition) is 1. The van der Waals surface area contributed by atoms with Gasteiger partial charge >= 0.3 is 12.2 Å². The first-order valence-corrected chi connectivity index (χ1v) is 16.1. The molecule has 0 aliphatic carbocycles. The van der Waals surface area contributed by atoms with Gasteiger partial charge in [-0.3, -0.25) is 9.88 Å². The van der Waals surface area contributed by atoms with Crippen LogP contribution in [0.4, 0.5) is 30.8 Å². The van der Waals surface area contributed by atoms with Crippen LogP contribution in [-0.2, 0) is 6.18 Å². The Morgan fingerprint density at radius 2 is 1.56 bits per heavy atom. The summed E-state index contributed by atoms with van der Waals surface area (Å²) in [5.41, 5.74) is 1.34. The number of nitrogens with one attached hydrogen (secondary N) is 1. The predicted octanol–water partition coefficient (Wildman–Crippen LogP) is 8.41. The Morgan fingerprint density at radius 3 is 2.30 bits per heavy atom. The van der Waals surface area contributed by atoms with Crippen LogP contribution in [0.1, 0.15) is 28.3 Å². The fourth-order valence-electron chi connectivity index (χ4n) is 6.00.